The van der Waals surface area contributed by atoms with Crippen molar-refractivity contribution in [3.63, 3.8) is 0 Å². The number of rotatable bonds is 4. The first-order valence-corrected chi connectivity index (χ1v) is 7.80. The normalized spacial score (nSPS) is 28.3. The molecule has 0 bridgehead atoms. The minimum absolute atomic E-state index is 0.0705. The van der Waals surface area contributed by atoms with Crippen molar-refractivity contribution in [1.82, 2.24) is 0 Å². The molecule has 0 heterocycles. The van der Waals surface area contributed by atoms with Crippen LogP contribution in [0.15, 0.2) is 0 Å². The molecule has 0 aromatic rings. The maximum Gasteiger partial charge on any atom is 0.331 e. The Bertz CT molecular complexity index is 242. The zero-order valence-electron chi connectivity index (χ0n) is 9.23. The lowest BCUT2D eigenvalue weighted by Gasteiger charge is -2.19. The zero-order valence-corrected chi connectivity index (χ0v) is 10.1. The summed E-state index contributed by atoms with van der Waals surface area (Å²) >= 11 is 0. The minimum atomic E-state index is -3.29. The summed E-state index contributed by atoms with van der Waals surface area (Å²) in [5, 5.41) is 0. The van der Waals surface area contributed by atoms with Gasteiger partial charge in [-0.05, 0) is 31.6 Å². The van der Waals surface area contributed by atoms with Crippen LogP contribution in [0.2, 0.25) is 0 Å². The van der Waals surface area contributed by atoms with Crippen LogP contribution < -0.4 is 0 Å². The van der Waals surface area contributed by atoms with E-state index in [4.69, 9.17) is 4.52 Å². The zero-order chi connectivity index (χ0) is 10.7. The van der Waals surface area contributed by atoms with Crippen molar-refractivity contribution in [2.45, 2.75) is 57.0 Å². The molecule has 1 unspecified atom stereocenters. The van der Waals surface area contributed by atoms with Crippen LogP contribution in [0.1, 0.15) is 51.4 Å². The van der Waals surface area contributed by atoms with Crippen molar-refractivity contribution in [2.75, 3.05) is 6.61 Å². The summed E-state index contributed by atoms with van der Waals surface area (Å²) in [5.41, 5.74) is -0.0705. The van der Waals surface area contributed by atoms with Crippen LogP contribution >= 0.6 is 7.60 Å². The van der Waals surface area contributed by atoms with Gasteiger partial charge in [-0.2, -0.15) is 0 Å². The van der Waals surface area contributed by atoms with E-state index in [-0.39, 0.29) is 5.66 Å². The van der Waals surface area contributed by atoms with Gasteiger partial charge in [0, 0.05) is 0 Å². The van der Waals surface area contributed by atoms with Crippen molar-refractivity contribution in [3.05, 3.63) is 0 Å². The monoisotopic (exact) mass is 232 g/mol. The number of hydrogen-bond donors (Lipinski definition) is 1. The molecule has 15 heavy (non-hydrogen) atoms. The van der Waals surface area contributed by atoms with E-state index >= 15 is 0 Å². The molecule has 0 aromatic carbocycles. The lowest BCUT2D eigenvalue weighted by atomic mass is 10.1. The Morgan fingerprint density at radius 2 is 1.60 bits per heavy atom. The van der Waals surface area contributed by atoms with Crippen LogP contribution in [0.25, 0.3) is 0 Å². The summed E-state index contributed by atoms with van der Waals surface area (Å²) in [7, 11) is -3.29. The van der Waals surface area contributed by atoms with Gasteiger partial charge < -0.3 is 9.42 Å². The van der Waals surface area contributed by atoms with Crippen LogP contribution in [0.4, 0.5) is 0 Å². The van der Waals surface area contributed by atoms with E-state index in [0.717, 1.165) is 25.7 Å². The average molecular weight is 232 g/mol. The van der Waals surface area contributed by atoms with Crippen LogP contribution in [-0.4, -0.2) is 17.2 Å². The second kappa shape index (κ2) is 4.99. The van der Waals surface area contributed by atoms with Gasteiger partial charge in [-0.15, -0.1) is 0 Å². The maximum atomic E-state index is 11.9. The SMILES string of the molecule is O=P(O)(OCC1CCCC1)C1CCCC1. The second-order valence-corrected chi connectivity index (χ2v) is 7.07. The third-order valence-corrected chi connectivity index (χ3v) is 5.71. The highest BCUT2D eigenvalue weighted by molar-refractivity contribution is 7.53. The van der Waals surface area contributed by atoms with E-state index in [0.29, 0.717) is 12.5 Å². The summed E-state index contributed by atoms with van der Waals surface area (Å²) in [5.74, 6) is 0.534. The average Bonchev–Trinajstić information content (AvgIpc) is 2.88. The van der Waals surface area contributed by atoms with Crippen molar-refractivity contribution in [3.8, 4) is 0 Å². The first-order chi connectivity index (χ1) is 7.18. The number of hydrogen-bond acceptors (Lipinski definition) is 2. The van der Waals surface area contributed by atoms with E-state index in [1.54, 1.807) is 0 Å². The molecule has 2 rings (SSSR count). The molecule has 0 saturated heterocycles. The van der Waals surface area contributed by atoms with Gasteiger partial charge in [-0.3, -0.25) is 4.57 Å². The summed E-state index contributed by atoms with van der Waals surface area (Å²) < 4.78 is 17.2. The van der Waals surface area contributed by atoms with Gasteiger partial charge in [-0.1, -0.05) is 25.7 Å². The molecule has 0 spiro atoms. The molecule has 0 amide bonds. The van der Waals surface area contributed by atoms with E-state index in [2.05, 4.69) is 0 Å². The molecular formula is C11H21O3P. The molecule has 0 radical (unpaired) electrons. The Morgan fingerprint density at radius 1 is 1.07 bits per heavy atom. The Hall–Kier alpha value is 0.150. The quantitative estimate of drug-likeness (QED) is 0.756. The highest BCUT2D eigenvalue weighted by Gasteiger charge is 2.35. The predicted octanol–water partition coefficient (Wildman–Crippen LogP) is 3.32. The molecule has 1 N–H and O–H groups in total. The largest absolute Gasteiger partial charge is 0.331 e. The fourth-order valence-electron chi connectivity index (χ4n) is 2.73. The second-order valence-electron chi connectivity index (χ2n) is 4.95. The minimum Gasteiger partial charge on any atom is -0.324 e. The van der Waals surface area contributed by atoms with Crippen molar-refractivity contribution < 1.29 is 14.0 Å². The van der Waals surface area contributed by atoms with Crippen molar-refractivity contribution in [1.29, 1.82) is 0 Å². The highest BCUT2D eigenvalue weighted by atomic mass is 31.2. The predicted molar refractivity (Wildman–Crippen MR) is 60.0 cm³/mol. The van der Waals surface area contributed by atoms with Crippen molar-refractivity contribution in [2.24, 2.45) is 5.92 Å². The summed E-state index contributed by atoms with van der Waals surface area (Å²) in [4.78, 5) is 9.81. The lowest BCUT2D eigenvalue weighted by molar-refractivity contribution is 0.210. The van der Waals surface area contributed by atoms with E-state index in [1.165, 1.54) is 25.7 Å². The van der Waals surface area contributed by atoms with Gasteiger partial charge in [-0.25, -0.2) is 0 Å². The summed E-state index contributed by atoms with van der Waals surface area (Å²) in [6, 6.07) is 0. The first kappa shape index (κ1) is 11.6. The van der Waals surface area contributed by atoms with E-state index in [1.807, 2.05) is 0 Å². The summed E-state index contributed by atoms with van der Waals surface area (Å²) in [6.45, 7) is 0.504. The molecule has 88 valence electrons. The Kier molecular flexibility index (Phi) is 3.87. The Balaban J connectivity index is 1.78. The molecule has 3 nitrogen and oxygen atoms in total. The van der Waals surface area contributed by atoms with E-state index < -0.39 is 7.60 Å². The molecule has 2 saturated carbocycles. The van der Waals surface area contributed by atoms with Crippen LogP contribution in [0.5, 0.6) is 0 Å². The highest BCUT2D eigenvalue weighted by Crippen LogP contribution is 2.54. The van der Waals surface area contributed by atoms with Gasteiger partial charge in [0.05, 0.1) is 12.3 Å². The Labute approximate surface area is 91.7 Å². The van der Waals surface area contributed by atoms with Gasteiger partial charge in [0.1, 0.15) is 0 Å². The van der Waals surface area contributed by atoms with Crippen LogP contribution in [0.3, 0.4) is 0 Å². The standard InChI is InChI=1S/C11H21O3P/c12-15(13,11-7-3-4-8-11)14-9-10-5-1-2-6-10/h10-11H,1-9H2,(H,12,13). The van der Waals surface area contributed by atoms with E-state index in [9.17, 15) is 9.46 Å². The fourth-order valence-corrected chi connectivity index (χ4v) is 4.38. The maximum absolute atomic E-state index is 11.9. The molecule has 4 heteroatoms. The van der Waals surface area contributed by atoms with Crippen LogP contribution in [0, 0.1) is 5.92 Å². The van der Waals surface area contributed by atoms with Gasteiger partial charge >= 0.3 is 7.60 Å². The third kappa shape index (κ3) is 3.05. The summed E-state index contributed by atoms with van der Waals surface area (Å²) in [6.07, 6.45) is 8.77. The molecule has 2 fully saturated rings. The molecule has 2 aliphatic rings. The Morgan fingerprint density at radius 3 is 2.20 bits per heavy atom. The topological polar surface area (TPSA) is 46.5 Å². The van der Waals surface area contributed by atoms with Crippen LogP contribution in [-0.2, 0) is 9.09 Å². The van der Waals surface area contributed by atoms with Gasteiger partial charge in [0.2, 0.25) is 0 Å². The molecule has 0 aromatic heterocycles. The van der Waals surface area contributed by atoms with Gasteiger partial charge in [0.15, 0.2) is 0 Å². The molecule has 2 aliphatic carbocycles. The molecule has 0 aliphatic heterocycles. The molecular weight excluding hydrogens is 211 g/mol. The smallest absolute Gasteiger partial charge is 0.324 e. The van der Waals surface area contributed by atoms with Crippen molar-refractivity contribution >= 4 is 7.60 Å². The fraction of sp³-hybridized carbons (Fsp3) is 1.00. The van der Waals surface area contributed by atoms with Gasteiger partial charge in [0.25, 0.3) is 0 Å². The third-order valence-electron chi connectivity index (χ3n) is 3.76. The first-order valence-electron chi connectivity index (χ1n) is 6.15. The lowest BCUT2D eigenvalue weighted by Crippen LogP contribution is -2.10. The molecule has 1 atom stereocenters.